The van der Waals surface area contributed by atoms with Gasteiger partial charge in [0, 0.05) is 18.8 Å². The normalized spacial score (nSPS) is 16.0. The fourth-order valence-corrected chi connectivity index (χ4v) is 1.50. The molecule has 0 spiro atoms. The highest BCUT2D eigenvalue weighted by molar-refractivity contribution is 5.95. The molecule has 0 aliphatic carbocycles. The van der Waals surface area contributed by atoms with E-state index in [-0.39, 0.29) is 5.91 Å². The summed E-state index contributed by atoms with van der Waals surface area (Å²) in [6.45, 7) is 3.96. The van der Waals surface area contributed by atoms with Crippen molar-refractivity contribution < 1.29 is 4.79 Å². The molecule has 3 heteroatoms. The van der Waals surface area contributed by atoms with E-state index in [0.29, 0.717) is 12.2 Å². The zero-order chi connectivity index (χ0) is 11.5. The van der Waals surface area contributed by atoms with Gasteiger partial charge < -0.3 is 0 Å². The molecule has 0 radical (unpaired) electrons. The van der Waals surface area contributed by atoms with Crippen molar-refractivity contribution >= 4 is 11.7 Å². The summed E-state index contributed by atoms with van der Waals surface area (Å²) in [5.74, 6) is 0.722. The predicted octanol–water partition coefficient (Wildman–Crippen LogP) is 2.59. The van der Waals surface area contributed by atoms with E-state index in [1.807, 2.05) is 38.1 Å². The summed E-state index contributed by atoms with van der Waals surface area (Å²) < 4.78 is 0. The molecule has 1 aliphatic heterocycles. The average Bonchev–Trinajstić information content (AvgIpc) is 2.44. The lowest BCUT2D eigenvalue weighted by molar-refractivity contribution is -0.117. The lowest BCUT2D eigenvalue weighted by atomic mass is 10.2. The first-order valence-electron chi connectivity index (χ1n) is 5.26. The van der Waals surface area contributed by atoms with E-state index in [1.165, 1.54) is 0 Å². The van der Waals surface area contributed by atoms with E-state index >= 15 is 0 Å². The van der Waals surface area contributed by atoms with E-state index < -0.39 is 0 Å². The number of aryl methyl sites for hydroxylation is 1. The highest BCUT2D eigenvalue weighted by Crippen LogP contribution is 2.16. The Kier molecular flexibility index (Phi) is 2.86. The summed E-state index contributed by atoms with van der Waals surface area (Å²) in [7, 11) is 0. The zero-order valence-corrected chi connectivity index (χ0v) is 9.47. The number of amides is 1. The van der Waals surface area contributed by atoms with Crippen molar-refractivity contribution in [2.45, 2.75) is 20.3 Å². The molecule has 2 heterocycles. The van der Waals surface area contributed by atoms with E-state index in [2.05, 4.69) is 4.98 Å². The molecule has 0 aromatic carbocycles. The monoisotopic (exact) mass is 214 g/mol. The highest BCUT2D eigenvalue weighted by atomic mass is 16.2. The first-order valence-corrected chi connectivity index (χ1v) is 5.26. The van der Waals surface area contributed by atoms with Crippen LogP contribution in [-0.2, 0) is 4.79 Å². The maximum atomic E-state index is 11.8. The Bertz CT molecular complexity index is 457. The standard InChI is InChI=1S/C13H14N2O/c1-10-4-6-13(16)15(8-7-10)12-5-3-11(2)9-14-12/h3-5,7-9H,6H2,1-2H3. The van der Waals surface area contributed by atoms with Gasteiger partial charge in [-0.2, -0.15) is 0 Å². The number of rotatable bonds is 1. The van der Waals surface area contributed by atoms with Crippen molar-refractivity contribution in [3.8, 4) is 0 Å². The number of hydrogen-bond acceptors (Lipinski definition) is 2. The van der Waals surface area contributed by atoms with Gasteiger partial charge in [0.05, 0.1) is 0 Å². The molecule has 16 heavy (non-hydrogen) atoms. The molecule has 1 amide bonds. The highest BCUT2D eigenvalue weighted by Gasteiger charge is 2.14. The van der Waals surface area contributed by atoms with Gasteiger partial charge in [-0.05, 0) is 31.6 Å². The molecule has 0 saturated carbocycles. The molecular weight excluding hydrogens is 200 g/mol. The summed E-state index contributed by atoms with van der Waals surface area (Å²) >= 11 is 0. The molecule has 0 unspecified atom stereocenters. The van der Waals surface area contributed by atoms with Crippen molar-refractivity contribution in [1.82, 2.24) is 4.98 Å². The molecule has 2 rings (SSSR count). The molecule has 1 aromatic rings. The SMILES string of the molecule is CC1=CCC(=O)N(c2ccc(C)cn2)C=C1. The summed E-state index contributed by atoms with van der Waals surface area (Å²) in [6.07, 6.45) is 7.81. The van der Waals surface area contributed by atoms with Crippen molar-refractivity contribution in [3.05, 3.63) is 47.8 Å². The largest absolute Gasteiger partial charge is 0.274 e. The van der Waals surface area contributed by atoms with Gasteiger partial charge >= 0.3 is 0 Å². The van der Waals surface area contributed by atoms with Crippen molar-refractivity contribution in [3.63, 3.8) is 0 Å². The van der Waals surface area contributed by atoms with E-state index in [0.717, 1.165) is 11.1 Å². The van der Waals surface area contributed by atoms with Gasteiger partial charge in [0.25, 0.3) is 0 Å². The van der Waals surface area contributed by atoms with Crippen LogP contribution in [0.2, 0.25) is 0 Å². The number of hydrogen-bond donors (Lipinski definition) is 0. The minimum absolute atomic E-state index is 0.0458. The second-order valence-electron chi connectivity index (χ2n) is 3.93. The van der Waals surface area contributed by atoms with Crippen LogP contribution in [0.25, 0.3) is 0 Å². The third-order valence-electron chi connectivity index (χ3n) is 2.50. The van der Waals surface area contributed by atoms with Gasteiger partial charge in [-0.1, -0.05) is 17.7 Å². The summed E-state index contributed by atoms with van der Waals surface area (Å²) in [5, 5.41) is 0. The van der Waals surface area contributed by atoms with Crippen LogP contribution in [0.1, 0.15) is 18.9 Å². The Labute approximate surface area is 95.1 Å². The maximum absolute atomic E-state index is 11.8. The van der Waals surface area contributed by atoms with Crippen LogP contribution in [0, 0.1) is 6.92 Å². The van der Waals surface area contributed by atoms with Crippen LogP contribution in [-0.4, -0.2) is 10.9 Å². The Morgan fingerprint density at radius 3 is 2.81 bits per heavy atom. The fraction of sp³-hybridized carbons (Fsp3) is 0.231. The molecule has 0 N–H and O–H groups in total. The lowest BCUT2D eigenvalue weighted by Crippen LogP contribution is -2.24. The predicted molar refractivity (Wildman–Crippen MR) is 64.0 cm³/mol. The quantitative estimate of drug-likeness (QED) is 0.720. The van der Waals surface area contributed by atoms with E-state index in [4.69, 9.17) is 0 Å². The third-order valence-corrected chi connectivity index (χ3v) is 2.50. The molecule has 0 fully saturated rings. The Morgan fingerprint density at radius 1 is 1.31 bits per heavy atom. The molecule has 82 valence electrons. The molecule has 1 aliphatic rings. The molecule has 0 bridgehead atoms. The maximum Gasteiger partial charge on any atom is 0.236 e. The third kappa shape index (κ3) is 2.19. The number of aromatic nitrogens is 1. The van der Waals surface area contributed by atoms with Gasteiger partial charge in [0.1, 0.15) is 5.82 Å². The van der Waals surface area contributed by atoms with Crippen LogP contribution >= 0.6 is 0 Å². The van der Waals surface area contributed by atoms with Crippen molar-refractivity contribution in [1.29, 1.82) is 0 Å². The minimum Gasteiger partial charge on any atom is -0.274 e. The Hall–Kier alpha value is -1.90. The molecule has 3 nitrogen and oxygen atoms in total. The minimum atomic E-state index is 0.0458. The summed E-state index contributed by atoms with van der Waals surface area (Å²) in [4.78, 5) is 17.7. The molecule has 0 saturated heterocycles. The van der Waals surface area contributed by atoms with Gasteiger partial charge in [0.15, 0.2) is 0 Å². The summed E-state index contributed by atoms with van der Waals surface area (Å²) in [5.41, 5.74) is 2.19. The number of allylic oxidation sites excluding steroid dienone is 2. The second kappa shape index (κ2) is 4.31. The lowest BCUT2D eigenvalue weighted by Gasteiger charge is -2.15. The number of pyridine rings is 1. The van der Waals surface area contributed by atoms with Crippen LogP contribution in [0.5, 0.6) is 0 Å². The first-order chi connectivity index (χ1) is 7.66. The van der Waals surface area contributed by atoms with Crippen LogP contribution in [0.3, 0.4) is 0 Å². The van der Waals surface area contributed by atoms with E-state index in [1.54, 1.807) is 17.3 Å². The molecule has 0 atom stereocenters. The summed E-state index contributed by atoms with van der Waals surface area (Å²) in [6, 6.07) is 3.81. The molecular formula is C13H14N2O. The Morgan fingerprint density at radius 2 is 2.12 bits per heavy atom. The van der Waals surface area contributed by atoms with Crippen LogP contribution < -0.4 is 4.90 Å². The van der Waals surface area contributed by atoms with Crippen LogP contribution in [0.15, 0.2) is 42.3 Å². The topological polar surface area (TPSA) is 33.2 Å². The first kappa shape index (κ1) is 10.6. The van der Waals surface area contributed by atoms with Crippen molar-refractivity contribution in [2.75, 3.05) is 4.90 Å². The second-order valence-corrected chi connectivity index (χ2v) is 3.93. The van der Waals surface area contributed by atoms with Crippen LogP contribution in [0.4, 0.5) is 5.82 Å². The smallest absolute Gasteiger partial charge is 0.236 e. The number of carbonyl (C=O) groups is 1. The Balaban J connectivity index is 2.30. The van der Waals surface area contributed by atoms with Gasteiger partial charge in [-0.15, -0.1) is 0 Å². The number of anilines is 1. The van der Waals surface area contributed by atoms with Gasteiger partial charge in [-0.25, -0.2) is 4.98 Å². The van der Waals surface area contributed by atoms with Gasteiger partial charge in [0.2, 0.25) is 5.91 Å². The van der Waals surface area contributed by atoms with E-state index in [9.17, 15) is 4.79 Å². The average molecular weight is 214 g/mol. The number of carbonyl (C=O) groups excluding carboxylic acids is 1. The van der Waals surface area contributed by atoms with Crippen molar-refractivity contribution in [2.24, 2.45) is 0 Å². The molecule has 1 aromatic heterocycles. The van der Waals surface area contributed by atoms with Gasteiger partial charge in [-0.3, -0.25) is 9.69 Å². The zero-order valence-electron chi connectivity index (χ0n) is 9.47. The fourth-order valence-electron chi connectivity index (χ4n) is 1.50. The number of nitrogens with zero attached hydrogens (tertiary/aromatic N) is 2.